The molecule has 0 radical (unpaired) electrons. The van der Waals surface area contributed by atoms with Crippen molar-refractivity contribution in [2.45, 2.75) is 44.1 Å². The highest BCUT2D eigenvalue weighted by Gasteiger charge is 2.49. The van der Waals surface area contributed by atoms with Crippen LogP contribution in [0.15, 0.2) is 18.2 Å². The third kappa shape index (κ3) is 3.02. The number of carbonyl (C=O) groups is 2. The van der Waals surface area contributed by atoms with Gasteiger partial charge in [-0.05, 0) is 67.9 Å². The first kappa shape index (κ1) is 17.8. The zero-order valence-electron chi connectivity index (χ0n) is 14.3. The first-order chi connectivity index (χ1) is 12.5. The summed E-state index contributed by atoms with van der Waals surface area (Å²) in [7, 11) is 0. The molecule has 0 spiro atoms. The summed E-state index contributed by atoms with van der Waals surface area (Å²) in [4.78, 5) is 25.3. The summed E-state index contributed by atoms with van der Waals surface area (Å²) in [5, 5.41) is 12.9. The fourth-order valence-corrected chi connectivity index (χ4v) is 6.17. The van der Waals surface area contributed by atoms with Gasteiger partial charge in [0.25, 0.3) is 5.91 Å². The molecule has 1 aromatic rings. The highest BCUT2D eigenvalue weighted by atomic mass is 35.5. The van der Waals surface area contributed by atoms with Crippen molar-refractivity contribution in [3.8, 4) is 6.07 Å². The number of ketones is 1. The molecule has 1 atom stereocenters. The van der Waals surface area contributed by atoms with Gasteiger partial charge in [0.1, 0.15) is 5.92 Å². The lowest BCUT2D eigenvalue weighted by Crippen LogP contribution is -2.57. The summed E-state index contributed by atoms with van der Waals surface area (Å²) in [6, 6.07) is 6.73. The Morgan fingerprint density at radius 3 is 2.08 bits per heavy atom. The number of Topliss-reactive ketones (excluding diaryl/α,β-unsaturated/α-hetero) is 1. The molecule has 0 unspecified atom stereocenters. The quantitative estimate of drug-likeness (QED) is 0.786. The van der Waals surface area contributed by atoms with Crippen LogP contribution in [0.25, 0.3) is 0 Å². The predicted molar refractivity (Wildman–Crippen MR) is 98.8 cm³/mol. The van der Waals surface area contributed by atoms with Gasteiger partial charge in [0.15, 0.2) is 0 Å². The van der Waals surface area contributed by atoms with Crippen LogP contribution in [0.2, 0.25) is 10.0 Å². The zero-order chi connectivity index (χ0) is 18.4. The average Bonchev–Trinajstić information content (AvgIpc) is 2.60. The highest BCUT2D eigenvalue weighted by molar-refractivity contribution is 6.42. The zero-order valence-corrected chi connectivity index (χ0v) is 15.8. The van der Waals surface area contributed by atoms with Gasteiger partial charge in [-0.2, -0.15) is 5.26 Å². The third-order valence-corrected chi connectivity index (χ3v) is 7.09. The van der Waals surface area contributed by atoms with Gasteiger partial charge in [0, 0.05) is 21.7 Å². The van der Waals surface area contributed by atoms with Gasteiger partial charge < -0.3 is 5.32 Å². The Hall–Kier alpha value is -1.57. The molecule has 5 rings (SSSR count). The smallest absolute Gasteiger partial charge is 0.289 e. The number of nitrogens with one attached hydrogen (secondary N) is 1. The monoisotopic (exact) mass is 390 g/mol. The molecule has 0 aliphatic heterocycles. The van der Waals surface area contributed by atoms with E-state index in [1.54, 1.807) is 18.2 Å². The SMILES string of the molecule is N#C[C@@H](C(=O)C(=O)NC1C2CC3CC(C2)CC1C3)c1c(Cl)cccc1Cl. The van der Waals surface area contributed by atoms with Gasteiger partial charge >= 0.3 is 0 Å². The molecule has 1 amide bonds. The van der Waals surface area contributed by atoms with Gasteiger partial charge in [-0.25, -0.2) is 0 Å². The molecule has 26 heavy (non-hydrogen) atoms. The second-order valence-corrected chi connectivity index (χ2v) is 8.81. The summed E-state index contributed by atoms with van der Waals surface area (Å²) in [6.07, 6.45) is 5.90. The first-order valence-corrected chi connectivity index (χ1v) is 9.91. The second kappa shape index (κ2) is 6.87. The predicted octanol–water partition coefficient (Wildman–Crippen LogP) is 4.11. The van der Waals surface area contributed by atoms with Crippen molar-refractivity contribution in [1.29, 1.82) is 5.26 Å². The highest BCUT2D eigenvalue weighted by Crippen LogP contribution is 2.53. The van der Waals surface area contributed by atoms with E-state index in [4.69, 9.17) is 23.2 Å². The summed E-state index contributed by atoms with van der Waals surface area (Å²) >= 11 is 12.2. The minimum absolute atomic E-state index is 0.0558. The molecule has 4 aliphatic rings. The van der Waals surface area contributed by atoms with Crippen LogP contribution < -0.4 is 5.32 Å². The topological polar surface area (TPSA) is 70.0 Å². The van der Waals surface area contributed by atoms with E-state index in [1.807, 2.05) is 6.07 Å². The van der Waals surface area contributed by atoms with Crippen molar-refractivity contribution in [2.24, 2.45) is 23.7 Å². The van der Waals surface area contributed by atoms with E-state index in [2.05, 4.69) is 5.32 Å². The van der Waals surface area contributed by atoms with Crippen molar-refractivity contribution < 1.29 is 9.59 Å². The number of hydrogen-bond donors (Lipinski definition) is 1. The van der Waals surface area contributed by atoms with E-state index < -0.39 is 17.6 Å². The molecule has 0 saturated heterocycles. The van der Waals surface area contributed by atoms with Gasteiger partial charge in [-0.15, -0.1) is 0 Å². The molecule has 4 bridgehead atoms. The van der Waals surface area contributed by atoms with Crippen LogP contribution in [0.3, 0.4) is 0 Å². The van der Waals surface area contributed by atoms with Crippen LogP contribution in [-0.2, 0) is 9.59 Å². The van der Waals surface area contributed by atoms with E-state index in [0.29, 0.717) is 11.8 Å². The largest absolute Gasteiger partial charge is 0.346 e. The molecular formula is C20H20Cl2N2O2. The summed E-state index contributed by atoms with van der Waals surface area (Å²) in [6.45, 7) is 0. The van der Waals surface area contributed by atoms with Crippen LogP contribution >= 0.6 is 23.2 Å². The average molecular weight is 391 g/mol. The maximum atomic E-state index is 12.7. The molecule has 4 nitrogen and oxygen atoms in total. The Labute approximate surface area is 162 Å². The Morgan fingerprint density at radius 2 is 1.58 bits per heavy atom. The molecule has 4 fully saturated rings. The van der Waals surface area contributed by atoms with Gasteiger partial charge in [0.2, 0.25) is 5.78 Å². The van der Waals surface area contributed by atoms with Crippen LogP contribution in [-0.4, -0.2) is 17.7 Å². The molecule has 1 aromatic carbocycles. The number of nitriles is 1. The summed E-state index contributed by atoms with van der Waals surface area (Å²) < 4.78 is 0. The lowest BCUT2D eigenvalue weighted by molar-refractivity contribution is -0.140. The lowest BCUT2D eigenvalue weighted by Gasteiger charge is -2.54. The van der Waals surface area contributed by atoms with E-state index in [-0.39, 0.29) is 21.7 Å². The van der Waals surface area contributed by atoms with Crippen molar-refractivity contribution in [2.75, 3.05) is 0 Å². The molecule has 6 heteroatoms. The van der Waals surface area contributed by atoms with Crippen LogP contribution in [0.5, 0.6) is 0 Å². The van der Waals surface area contributed by atoms with Crippen molar-refractivity contribution in [3.63, 3.8) is 0 Å². The molecular weight excluding hydrogens is 371 g/mol. The molecule has 136 valence electrons. The van der Waals surface area contributed by atoms with Gasteiger partial charge in [-0.1, -0.05) is 29.3 Å². The number of amides is 1. The van der Waals surface area contributed by atoms with E-state index in [9.17, 15) is 14.9 Å². The Kier molecular flexibility index (Phi) is 4.71. The molecule has 1 N–H and O–H groups in total. The number of nitrogens with zero attached hydrogens (tertiary/aromatic N) is 1. The fraction of sp³-hybridized carbons (Fsp3) is 0.550. The Bertz CT molecular complexity index is 753. The first-order valence-electron chi connectivity index (χ1n) is 9.16. The standard InChI is InChI=1S/C20H20Cl2N2O2/c21-15-2-1-3-16(22)17(15)14(9-23)19(25)20(26)24-18-12-5-10-4-11(7-12)8-13(18)6-10/h1-3,10-14,18H,4-8H2,(H,24,26)/t10?,11?,12?,13?,14-,18?/m1/s1. The number of hydrogen-bond acceptors (Lipinski definition) is 3. The molecule has 0 heterocycles. The normalized spacial score (nSPS) is 32.7. The van der Waals surface area contributed by atoms with Gasteiger partial charge in [0.05, 0.1) is 6.07 Å². The van der Waals surface area contributed by atoms with E-state index in [1.165, 1.54) is 6.42 Å². The molecule has 0 aromatic heterocycles. The number of rotatable bonds is 4. The van der Waals surface area contributed by atoms with Crippen molar-refractivity contribution in [1.82, 2.24) is 5.32 Å². The van der Waals surface area contributed by atoms with Crippen molar-refractivity contribution in [3.05, 3.63) is 33.8 Å². The Balaban J connectivity index is 1.51. The number of benzene rings is 1. The molecule has 4 aliphatic carbocycles. The van der Waals surface area contributed by atoms with Crippen LogP contribution in [0.4, 0.5) is 0 Å². The fourth-order valence-electron chi connectivity index (χ4n) is 5.56. The number of carbonyl (C=O) groups excluding carboxylic acids is 2. The second-order valence-electron chi connectivity index (χ2n) is 7.99. The van der Waals surface area contributed by atoms with Crippen LogP contribution in [0.1, 0.15) is 43.6 Å². The number of halogens is 2. The van der Waals surface area contributed by atoms with Crippen LogP contribution in [0, 0.1) is 35.0 Å². The summed E-state index contributed by atoms with van der Waals surface area (Å²) in [5.41, 5.74) is 0.212. The maximum absolute atomic E-state index is 12.7. The Morgan fingerprint density at radius 1 is 1.04 bits per heavy atom. The van der Waals surface area contributed by atoms with E-state index >= 15 is 0 Å². The lowest BCUT2D eigenvalue weighted by atomic mass is 9.54. The molecule has 4 saturated carbocycles. The maximum Gasteiger partial charge on any atom is 0.289 e. The third-order valence-electron chi connectivity index (χ3n) is 6.43. The minimum Gasteiger partial charge on any atom is -0.346 e. The van der Waals surface area contributed by atoms with Crippen molar-refractivity contribution >= 4 is 34.9 Å². The summed E-state index contributed by atoms with van der Waals surface area (Å²) in [5.74, 6) is -0.250. The minimum atomic E-state index is -1.28. The van der Waals surface area contributed by atoms with E-state index in [0.717, 1.165) is 37.5 Å². The van der Waals surface area contributed by atoms with Gasteiger partial charge in [-0.3, -0.25) is 9.59 Å².